The van der Waals surface area contributed by atoms with Crippen LogP contribution in [0.5, 0.6) is 0 Å². The van der Waals surface area contributed by atoms with Crippen molar-refractivity contribution >= 4 is 5.97 Å². The first-order valence-corrected chi connectivity index (χ1v) is 7.65. The molecule has 0 spiro atoms. The first kappa shape index (κ1) is 24.7. The Labute approximate surface area is 109 Å². The van der Waals surface area contributed by atoms with Gasteiger partial charge < -0.3 is 10.2 Å². The van der Waals surface area contributed by atoms with Crippen molar-refractivity contribution in [1.82, 2.24) is 0 Å². The molecule has 0 bridgehead atoms. The second-order valence-electron chi connectivity index (χ2n) is 1.88. The fraction of sp³-hybridized carbons (Fsp3) is 0.833. The predicted octanol–water partition coefficient (Wildman–Crippen LogP) is -0.487. The van der Waals surface area contributed by atoms with E-state index in [1.165, 1.54) is 0 Å². The molecule has 0 saturated carbocycles. The standard InChI is InChI=1S/C4H10O.C2H4O2.2H2O.2O.Ti.Zr/c1-2-3-4-5;1-2(3)4;;;;;;/h5H,2-4H2,1H3;1H3,(H,3,4);2*1H2;;;;/q;;;;;;;+2/p-2. The number of unbranched alkanes of at least 4 members (excludes halogenated alkanes) is 1. The van der Waals surface area contributed by atoms with Crippen molar-refractivity contribution < 1.29 is 70.6 Å². The quantitative estimate of drug-likeness (QED) is 0.499. The molecule has 7 nitrogen and oxygen atoms in total. The molecule has 0 radical (unpaired) electrons. The second-order valence-corrected chi connectivity index (χ2v) is 3.27. The van der Waals surface area contributed by atoms with Crippen LogP contribution in [0.2, 0.25) is 0 Å². The van der Waals surface area contributed by atoms with Gasteiger partial charge in [-0.3, -0.25) is 4.79 Å². The number of aliphatic carboxylic acids is 1. The molecule has 0 fully saturated rings. The topological polar surface area (TPSA) is 132 Å². The molecule has 0 aliphatic carbocycles. The zero-order valence-electron chi connectivity index (χ0n) is 8.63. The number of carboxylic acid groups (broad SMARTS) is 1. The van der Waals surface area contributed by atoms with E-state index < -0.39 is 28.6 Å². The molecular formula is C6H16O7TiZr. The molecular weight excluding hydrogens is 323 g/mol. The summed E-state index contributed by atoms with van der Waals surface area (Å²) in [6.07, 6.45) is 2.04. The maximum absolute atomic E-state index is 9.00. The van der Waals surface area contributed by atoms with Crippen LogP contribution >= 0.6 is 0 Å². The number of aliphatic hydroxyl groups excluding tert-OH is 1. The Balaban J connectivity index is -0.0000000562. The zero-order valence-corrected chi connectivity index (χ0v) is 12.7. The Bertz CT molecular complexity index is 121. The average molecular weight is 339 g/mol. The van der Waals surface area contributed by atoms with Gasteiger partial charge in [0.15, 0.2) is 0 Å². The Kier molecular flexibility index (Phi) is 48.2. The van der Waals surface area contributed by atoms with Gasteiger partial charge in [-0.15, -0.1) is 0 Å². The summed E-state index contributed by atoms with van der Waals surface area (Å²) >= 11 is -3.04. The summed E-state index contributed by atoms with van der Waals surface area (Å²) < 4.78 is 31.6. The maximum atomic E-state index is 9.00. The van der Waals surface area contributed by atoms with Gasteiger partial charge in [0.1, 0.15) is 0 Å². The van der Waals surface area contributed by atoms with Crippen LogP contribution in [0, 0.1) is 0 Å². The predicted molar refractivity (Wildman–Crippen MR) is 41.1 cm³/mol. The van der Waals surface area contributed by atoms with E-state index in [-0.39, 0.29) is 0 Å². The van der Waals surface area contributed by atoms with Crippen molar-refractivity contribution in [3.05, 3.63) is 0 Å². The van der Waals surface area contributed by atoms with E-state index in [1.54, 1.807) is 0 Å². The van der Waals surface area contributed by atoms with Gasteiger partial charge in [-0.25, -0.2) is 0 Å². The third kappa shape index (κ3) is 353. The van der Waals surface area contributed by atoms with E-state index in [0.717, 1.165) is 40.2 Å². The number of carbonyl (C=O) groups is 1. The van der Waals surface area contributed by atoms with Crippen molar-refractivity contribution in [2.45, 2.75) is 26.7 Å². The summed E-state index contributed by atoms with van der Waals surface area (Å²) in [5.74, 6) is -0.833. The number of hydrogen-bond donors (Lipinski definition) is 4. The van der Waals surface area contributed by atoms with Crippen molar-refractivity contribution in [3.8, 4) is 0 Å². The molecule has 4 N–H and O–H groups in total. The number of aliphatic hydroxyl groups is 1. The zero-order chi connectivity index (χ0) is 13.3. The molecule has 0 aromatic rings. The van der Waals surface area contributed by atoms with Gasteiger partial charge in [-0.1, -0.05) is 13.3 Å². The summed E-state index contributed by atoms with van der Waals surface area (Å²) in [6.45, 7) is 3.48. The molecule has 0 saturated heterocycles. The van der Waals surface area contributed by atoms with E-state index in [1.807, 2.05) is 0 Å². The van der Waals surface area contributed by atoms with E-state index in [4.69, 9.17) is 27.5 Å². The fourth-order valence-electron chi connectivity index (χ4n) is 0.158. The number of rotatable bonds is 2. The molecule has 0 aromatic heterocycles. The van der Waals surface area contributed by atoms with Gasteiger partial charge in [0.05, 0.1) is 0 Å². The average Bonchev–Trinajstić information content (AvgIpc) is 2.07. The Morgan fingerprint density at radius 1 is 1.33 bits per heavy atom. The molecule has 0 aliphatic heterocycles. The van der Waals surface area contributed by atoms with Gasteiger partial charge in [-0.05, 0) is 6.42 Å². The molecule has 15 heavy (non-hydrogen) atoms. The van der Waals surface area contributed by atoms with Crippen molar-refractivity contribution in [3.63, 3.8) is 0 Å². The summed E-state index contributed by atoms with van der Waals surface area (Å²) in [4.78, 5) is 9.00. The van der Waals surface area contributed by atoms with E-state index >= 15 is 0 Å². The van der Waals surface area contributed by atoms with E-state index in [0.29, 0.717) is 6.61 Å². The van der Waals surface area contributed by atoms with Gasteiger partial charge in [0.25, 0.3) is 5.97 Å². The summed E-state index contributed by atoms with van der Waals surface area (Å²) in [5, 5.41) is 15.5. The Hall–Kier alpha value is 0.547. The van der Waals surface area contributed by atoms with Crippen LogP contribution in [0.1, 0.15) is 26.7 Å². The van der Waals surface area contributed by atoms with Crippen molar-refractivity contribution in [2.75, 3.05) is 6.61 Å². The molecule has 0 amide bonds. The van der Waals surface area contributed by atoms with Gasteiger partial charge in [-0.2, -0.15) is 0 Å². The van der Waals surface area contributed by atoms with Crippen LogP contribution < -0.4 is 0 Å². The molecule has 0 heterocycles. The van der Waals surface area contributed by atoms with E-state index in [9.17, 15) is 0 Å². The fourth-order valence-corrected chi connectivity index (χ4v) is 0.158. The first-order valence-electron chi connectivity index (χ1n) is 3.81. The molecule has 90 valence electrons. The van der Waals surface area contributed by atoms with Crippen LogP contribution in [0.15, 0.2) is 0 Å². The van der Waals surface area contributed by atoms with Crippen LogP contribution in [-0.4, -0.2) is 29.2 Å². The van der Waals surface area contributed by atoms with Crippen LogP contribution in [0.4, 0.5) is 0 Å². The number of hydrogen-bond acceptors (Lipinski definition) is 4. The third-order valence-electron chi connectivity index (χ3n) is 0.512. The summed E-state index contributed by atoms with van der Waals surface area (Å²) in [6, 6.07) is 0. The van der Waals surface area contributed by atoms with Gasteiger partial charge in [0, 0.05) is 13.5 Å². The Morgan fingerprint density at radius 3 is 1.53 bits per heavy atom. The molecule has 0 atom stereocenters. The van der Waals surface area contributed by atoms with Crippen LogP contribution in [0.3, 0.4) is 0 Å². The minimum atomic E-state index is -3.79. The third-order valence-corrected chi connectivity index (χ3v) is 0.512. The Morgan fingerprint density at radius 2 is 1.53 bits per heavy atom. The number of carboxylic acids is 1. The van der Waals surface area contributed by atoms with Crippen LogP contribution in [0.25, 0.3) is 0 Å². The molecule has 9 heteroatoms. The van der Waals surface area contributed by atoms with Gasteiger partial charge >= 0.3 is 55.5 Å². The normalized spacial score (nSPS) is 6.40. The minimum absolute atomic E-state index is 0.344. The molecule has 0 aromatic carbocycles. The van der Waals surface area contributed by atoms with Crippen LogP contribution in [-0.2, 0) is 54.0 Å². The monoisotopic (exact) mass is 338 g/mol. The van der Waals surface area contributed by atoms with Crippen molar-refractivity contribution in [1.29, 1.82) is 0 Å². The first-order chi connectivity index (χ1) is 6.88. The molecule has 0 rings (SSSR count). The SMILES string of the molecule is CC(=O)O.CCCCO.[O]=[Ti].[O]=[Zr]([OH])[OH]. The molecule has 0 aliphatic rings. The molecule has 0 unspecified atom stereocenters. The van der Waals surface area contributed by atoms with Crippen molar-refractivity contribution in [2.24, 2.45) is 0 Å². The summed E-state index contributed by atoms with van der Waals surface area (Å²) in [7, 11) is 0. The van der Waals surface area contributed by atoms with Gasteiger partial charge in [0.2, 0.25) is 0 Å². The summed E-state index contributed by atoms with van der Waals surface area (Å²) in [5.41, 5.74) is 0. The van der Waals surface area contributed by atoms with E-state index in [2.05, 4.69) is 6.92 Å². The second kappa shape index (κ2) is 29.3.